The number of amides is 1. The minimum absolute atomic E-state index is 0.0533. The van der Waals surface area contributed by atoms with Crippen LogP contribution in [0.5, 0.6) is 0 Å². The Bertz CT molecular complexity index is 1280. The number of nitrogens with zero attached hydrogens (tertiary/aromatic N) is 3. The fraction of sp³-hybridized carbons (Fsp3) is 0.208. The summed E-state index contributed by atoms with van der Waals surface area (Å²) >= 11 is 0. The van der Waals surface area contributed by atoms with Crippen molar-refractivity contribution < 1.29 is 13.9 Å². The van der Waals surface area contributed by atoms with Crippen LogP contribution in [0.3, 0.4) is 0 Å². The lowest BCUT2D eigenvalue weighted by Crippen LogP contribution is -2.40. The van der Waals surface area contributed by atoms with Gasteiger partial charge in [0.1, 0.15) is 5.82 Å². The smallest absolute Gasteiger partial charge is 0.256 e. The molecule has 1 amide bonds. The first kappa shape index (κ1) is 19.4. The van der Waals surface area contributed by atoms with Crippen LogP contribution in [0.25, 0.3) is 33.3 Å². The summed E-state index contributed by atoms with van der Waals surface area (Å²) in [7, 11) is 0. The highest BCUT2D eigenvalue weighted by Crippen LogP contribution is 2.34. The number of morpholine rings is 1. The number of nitrogens with one attached hydrogen (secondary N) is 1. The van der Waals surface area contributed by atoms with Crippen LogP contribution in [0, 0.1) is 12.7 Å². The maximum atomic E-state index is 13.8. The third-order valence-electron chi connectivity index (χ3n) is 5.63. The largest absolute Gasteiger partial charge is 0.378 e. The molecule has 0 radical (unpaired) electrons. The number of carbonyl (C=O) groups excluding carboxylic acids is 1. The van der Waals surface area contributed by atoms with E-state index in [9.17, 15) is 9.18 Å². The van der Waals surface area contributed by atoms with Gasteiger partial charge in [0.05, 0.1) is 36.2 Å². The molecular weight excluding hydrogens is 395 g/mol. The van der Waals surface area contributed by atoms with E-state index < -0.39 is 0 Å². The summed E-state index contributed by atoms with van der Waals surface area (Å²) in [4.78, 5) is 19.7. The second kappa shape index (κ2) is 7.92. The third-order valence-corrected chi connectivity index (χ3v) is 5.63. The van der Waals surface area contributed by atoms with Crippen molar-refractivity contribution >= 4 is 16.8 Å². The molecule has 156 valence electrons. The number of pyridine rings is 1. The maximum absolute atomic E-state index is 13.8. The Labute approximate surface area is 178 Å². The van der Waals surface area contributed by atoms with Gasteiger partial charge < -0.3 is 9.64 Å². The standard InChI is InChI=1S/C24H21FN4O2/c1-15-11-16(4-5-21(15)25)22-19(3-2-6-26-22)17-12-18-14-27-28-23(18)20(13-17)24(30)29-7-9-31-10-8-29/h2-6,11-14H,7-10H2,1H3,(H,27,28). The predicted octanol–water partition coefficient (Wildman–Crippen LogP) is 4.21. The van der Waals surface area contributed by atoms with Crippen molar-refractivity contribution in [2.24, 2.45) is 0 Å². The SMILES string of the molecule is Cc1cc(-c2ncccc2-c2cc(C(=O)N3CCOCC3)c3[nH]ncc3c2)ccc1F. The molecule has 1 aliphatic heterocycles. The summed E-state index contributed by atoms with van der Waals surface area (Å²) < 4.78 is 19.2. The number of aryl methyl sites for hydroxylation is 1. The fourth-order valence-corrected chi connectivity index (χ4v) is 3.98. The normalized spacial score (nSPS) is 14.2. The van der Waals surface area contributed by atoms with Gasteiger partial charge in [-0.2, -0.15) is 5.10 Å². The van der Waals surface area contributed by atoms with E-state index in [0.717, 1.165) is 27.8 Å². The highest BCUT2D eigenvalue weighted by Gasteiger charge is 2.23. The molecule has 0 atom stereocenters. The number of H-pyrrole nitrogens is 1. The molecule has 0 unspecified atom stereocenters. The topological polar surface area (TPSA) is 71.1 Å². The number of halogens is 1. The zero-order valence-electron chi connectivity index (χ0n) is 17.1. The third kappa shape index (κ3) is 3.57. The molecule has 2 aromatic heterocycles. The molecule has 1 saturated heterocycles. The zero-order valence-corrected chi connectivity index (χ0v) is 17.1. The lowest BCUT2D eigenvalue weighted by atomic mass is 9.95. The minimum Gasteiger partial charge on any atom is -0.378 e. The number of hydrogen-bond donors (Lipinski definition) is 1. The summed E-state index contributed by atoms with van der Waals surface area (Å²) in [6, 6.07) is 12.7. The summed E-state index contributed by atoms with van der Waals surface area (Å²) in [5.74, 6) is -0.304. The molecule has 2 aromatic carbocycles. The molecule has 0 bridgehead atoms. The average Bonchev–Trinajstić information content (AvgIpc) is 3.29. The number of hydrogen-bond acceptors (Lipinski definition) is 4. The van der Waals surface area contributed by atoms with Gasteiger partial charge in [-0.3, -0.25) is 14.9 Å². The van der Waals surface area contributed by atoms with Crippen LogP contribution in [0.2, 0.25) is 0 Å². The second-order valence-corrected chi connectivity index (χ2v) is 7.63. The van der Waals surface area contributed by atoms with Gasteiger partial charge in [0.15, 0.2) is 0 Å². The van der Waals surface area contributed by atoms with Crippen molar-refractivity contribution in [2.75, 3.05) is 26.3 Å². The molecule has 0 aliphatic carbocycles. The van der Waals surface area contributed by atoms with Gasteiger partial charge in [-0.15, -0.1) is 0 Å². The zero-order chi connectivity index (χ0) is 21.4. The van der Waals surface area contributed by atoms with Crippen LogP contribution in [0.15, 0.2) is 54.9 Å². The van der Waals surface area contributed by atoms with Crippen LogP contribution >= 0.6 is 0 Å². The van der Waals surface area contributed by atoms with Gasteiger partial charge in [-0.1, -0.05) is 6.07 Å². The van der Waals surface area contributed by atoms with E-state index in [1.807, 2.05) is 24.3 Å². The van der Waals surface area contributed by atoms with Gasteiger partial charge in [0.25, 0.3) is 5.91 Å². The van der Waals surface area contributed by atoms with Gasteiger partial charge in [-0.25, -0.2) is 4.39 Å². The first-order chi connectivity index (χ1) is 15.1. The molecule has 1 fully saturated rings. The van der Waals surface area contributed by atoms with Crippen LogP contribution in [-0.2, 0) is 4.74 Å². The van der Waals surface area contributed by atoms with E-state index in [2.05, 4.69) is 15.2 Å². The Balaban J connectivity index is 1.65. The van der Waals surface area contributed by atoms with Crippen molar-refractivity contribution in [2.45, 2.75) is 6.92 Å². The Morgan fingerprint density at radius 2 is 1.97 bits per heavy atom. The van der Waals surface area contributed by atoms with Crippen LogP contribution < -0.4 is 0 Å². The van der Waals surface area contributed by atoms with E-state index in [-0.39, 0.29) is 11.7 Å². The number of carbonyl (C=O) groups is 1. The molecule has 5 rings (SSSR count). The Morgan fingerprint density at radius 3 is 2.77 bits per heavy atom. The van der Waals surface area contributed by atoms with E-state index in [1.54, 1.807) is 36.4 Å². The van der Waals surface area contributed by atoms with Crippen molar-refractivity contribution in [1.29, 1.82) is 0 Å². The summed E-state index contributed by atoms with van der Waals surface area (Å²) in [6.07, 6.45) is 3.43. The van der Waals surface area contributed by atoms with Gasteiger partial charge in [-0.05, 0) is 54.4 Å². The molecule has 4 aromatic rings. The molecule has 3 heterocycles. The molecule has 0 spiro atoms. The van der Waals surface area contributed by atoms with Crippen molar-refractivity contribution in [3.8, 4) is 22.4 Å². The van der Waals surface area contributed by atoms with E-state index in [1.165, 1.54) is 6.07 Å². The van der Waals surface area contributed by atoms with E-state index in [4.69, 9.17) is 4.74 Å². The number of rotatable bonds is 3. The highest BCUT2D eigenvalue weighted by atomic mass is 19.1. The van der Waals surface area contributed by atoms with Gasteiger partial charge >= 0.3 is 0 Å². The number of fused-ring (bicyclic) bond motifs is 1. The number of aromatic nitrogens is 3. The molecule has 6 nitrogen and oxygen atoms in total. The number of benzene rings is 2. The lowest BCUT2D eigenvalue weighted by Gasteiger charge is -2.27. The fourth-order valence-electron chi connectivity index (χ4n) is 3.98. The summed E-state index contributed by atoms with van der Waals surface area (Å²) in [5.41, 5.74) is 5.12. The Kier molecular flexibility index (Phi) is 4.95. The van der Waals surface area contributed by atoms with E-state index in [0.29, 0.717) is 42.9 Å². The second-order valence-electron chi connectivity index (χ2n) is 7.63. The first-order valence-electron chi connectivity index (χ1n) is 10.2. The number of ether oxygens (including phenoxy) is 1. The number of aromatic amines is 1. The first-order valence-corrected chi connectivity index (χ1v) is 10.2. The quantitative estimate of drug-likeness (QED) is 0.543. The summed E-state index contributed by atoms with van der Waals surface area (Å²) in [5, 5.41) is 7.96. The molecule has 0 saturated carbocycles. The van der Waals surface area contributed by atoms with Crippen LogP contribution in [0.4, 0.5) is 4.39 Å². The van der Waals surface area contributed by atoms with Crippen molar-refractivity contribution in [1.82, 2.24) is 20.1 Å². The van der Waals surface area contributed by atoms with Crippen molar-refractivity contribution in [3.05, 3.63) is 71.8 Å². The van der Waals surface area contributed by atoms with Crippen LogP contribution in [0.1, 0.15) is 15.9 Å². The van der Waals surface area contributed by atoms with Crippen molar-refractivity contribution in [3.63, 3.8) is 0 Å². The average molecular weight is 416 g/mol. The van der Waals surface area contributed by atoms with Gasteiger partial charge in [0.2, 0.25) is 0 Å². The molecule has 1 aliphatic rings. The molecule has 7 heteroatoms. The monoisotopic (exact) mass is 416 g/mol. The highest BCUT2D eigenvalue weighted by molar-refractivity contribution is 6.07. The Hall–Kier alpha value is -3.58. The molecule has 31 heavy (non-hydrogen) atoms. The van der Waals surface area contributed by atoms with Gasteiger partial charge in [0, 0.05) is 35.8 Å². The van der Waals surface area contributed by atoms with E-state index >= 15 is 0 Å². The lowest BCUT2D eigenvalue weighted by molar-refractivity contribution is 0.0304. The molecular formula is C24H21FN4O2. The minimum atomic E-state index is -0.251. The summed E-state index contributed by atoms with van der Waals surface area (Å²) in [6.45, 7) is 3.93. The van der Waals surface area contributed by atoms with Crippen LogP contribution in [-0.4, -0.2) is 52.3 Å². The maximum Gasteiger partial charge on any atom is 0.256 e. The predicted molar refractivity (Wildman–Crippen MR) is 116 cm³/mol. The molecule has 1 N–H and O–H groups in total. The Morgan fingerprint density at radius 1 is 1.13 bits per heavy atom.